The third kappa shape index (κ3) is 6.93. The number of hydrogen-bond acceptors (Lipinski definition) is 5. The molecule has 0 aromatic heterocycles. The van der Waals surface area contributed by atoms with E-state index in [4.69, 9.17) is 4.74 Å². The van der Waals surface area contributed by atoms with Gasteiger partial charge in [-0.25, -0.2) is 8.42 Å². The Labute approximate surface area is 193 Å². The Balaban J connectivity index is 1.35. The van der Waals surface area contributed by atoms with E-state index < -0.39 is 10.0 Å². The molecule has 0 radical (unpaired) electrons. The van der Waals surface area contributed by atoms with Crippen LogP contribution in [0.4, 0.5) is 0 Å². The normalized spacial score (nSPS) is 19.7. The summed E-state index contributed by atoms with van der Waals surface area (Å²) in [6, 6.07) is 6.54. The quantitative estimate of drug-likeness (QED) is 0.537. The van der Waals surface area contributed by atoms with Crippen molar-refractivity contribution in [3.8, 4) is 5.75 Å². The Morgan fingerprint density at radius 2 is 1.69 bits per heavy atom. The van der Waals surface area contributed by atoms with Gasteiger partial charge in [-0.15, -0.1) is 0 Å². The number of nitrogens with one attached hydrogen (secondary N) is 1. The van der Waals surface area contributed by atoms with Crippen LogP contribution in [0.2, 0.25) is 0 Å². The summed E-state index contributed by atoms with van der Waals surface area (Å²) in [7, 11) is -3.54. The summed E-state index contributed by atoms with van der Waals surface area (Å²) in [6.45, 7) is 9.73. The van der Waals surface area contributed by atoms with Gasteiger partial charge in [0.15, 0.2) is 0 Å². The maximum Gasteiger partial charge on any atom is 0.243 e. The molecule has 8 heteroatoms. The Morgan fingerprint density at radius 3 is 2.31 bits per heavy atom. The highest BCUT2D eigenvalue weighted by Gasteiger charge is 2.32. The van der Waals surface area contributed by atoms with E-state index >= 15 is 0 Å². The molecule has 2 aliphatic rings. The van der Waals surface area contributed by atoms with Crippen molar-refractivity contribution in [3.05, 3.63) is 24.3 Å². The smallest absolute Gasteiger partial charge is 0.243 e. The zero-order valence-electron chi connectivity index (χ0n) is 19.6. The molecule has 0 atom stereocenters. The molecule has 1 aromatic carbocycles. The summed E-state index contributed by atoms with van der Waals surface area (Å²) in [5.74, 6) is 1.47. The largest absolute Gasteiger partial charge is 0.494 e. The monoisotopic (exact) mass is 465 g/mol. The fourth-order valence-corrected chi connectivity index (χ4v) is 5.95. The van der Waals surface area contributed by atoms with Crippen LogP contribution in [-0.4, -0.2) is 69.4 Å². The Morgan fingerprint density at radius 1 is 1.03 bits per heavy atom. The molecule has 2 fully saturated rings. The van der Waals surface area contributed by atoms with Crippen molar-refractivity contribution in [2.75, 3.05) is 45.9 Å². The van der Waals surface area contributed by atoms with Gasteiger partial charge in [0.2, 0.25) is 15.9 Å². The number of likely N-dealkylation sites (tertiary alicyclic amines) is 1. The zero-order valence-corrected chi connectivity index (χ0v) is 20.4. The lowest BCUT2D eigenvalue weighted by molar-refractivity contribution is -0.126. The second kappa shape index (κ2) is 12.0. The van der Waals surface area contributed by atoms with Crippen molar-refractivity contribution in [2.24, 2.45) is 11.8 Å². The Kier molecular flexibility index (Phi) is 9.37. The lowest BCUT2D eigenvalue weighted by atomic mass is 9.97. The van der Waals surface area contributed by atoms with Gasteiger partial charge in [-0.3, -0.25) is 4.79 Å². The molecule has 180 valence electrons. The van der Waals surface area contributed by atoms with Gasteiger partial charge in [-0.1, -0.05) is 6.92 Å². The number of carbonyl (C=O) groups excluding carboxylic acids is 1. The van der Waals surface area contributed by atoms with Crippen LogP contribution in [0.25, 0.3) is 0 Å². The van der Waals surface area contributed by atoms with E-state index in [0.29, 0.717) is 44.8 Å². The minimum Gasteiger partial charge on any atom is -0.494 e. The average molecular weight is 466 g/mol. The van der Waals surface area contributed by atoms with Crippen molar-refractivity contribution >= 4 is 15.9 Å². The highest BCUT2D eigenvalue weighted by molar-refractivity contribution is 7.89. The molecule has 1 N–H and O–H groups in total. The van der Waals surface area contributed by atoms with Crippen LogP contribution in [0, 0.1) is 11.8 Å². The molecule has 2 heterocycles. The van der Waals surface area contributed by atoms with Crippen LogP contribution in [0.5, 0.6) is 5.75 Å². The maximum absolute atomic E-state index is 12.9. The number of piperidine rings is 2. The van der Waals surface area contributed by atoms with Gasteiger partial charge in [0, 0.05) is 25.6 Å². The SMILES string of the molecule is CCOc1ccc(S(=O)(=O)N2CCC(C(=O)NCCCCN3CCC(C)CC3)CC2)cc1. The summed E-state index contributed by atoms with van der Waals surface area (Å²) in [4.78, 5) is 15.3. The van der Waals surface area contributed by atoms with E-state index in [2.05, 4.69) is 17.1 Å². The van der Waals surface area contributed by atoms with Gasteiger partial charge >= 0.3 is 0 Å². The lowest BCUT2D eigenvalue weighted by Crippen LogP contribution is -2.43. The van der Waals surface area contributed by atoms with Crippen molar-refractivity contribution in [2.45, 2.75) is 57.3 Å². The van der Waals surface area contributed by atoms with Crippen LogP contribution >= 0.6 is 0 Å². The van der Waals surface area contributed by atoms with Crippen LogP contribution < -0.4 is 10.1 Å². The van der Waals surface area contributed by atoms with Gasteiger partial charge in [0.1, 0.15) is 5.75 Å². The molecule has 0 saturated carbocycles. The number of carbonyl (C=O) groups is 1. The van der Waals surface area contributed by atoms with E-state index in [9.17, 15) is 13.2 Å². The predicted molar refractivity (Wildman–Crippen MR) is 126 cm³/mol. The van der Waals surface area contributed by atoms with Crippen molar-refractivity contribution in [1.29, 1.82) is 0 Å². The minimum atomic E-state index is -3.54. The number of sulfonamides is 1. The fourth-order valence-electron chi connectivity index (χ4n) is 4.48. The highest BCUT2D eigenvalue weighted by atomic mass is 32.2. The first kappa shape index (κ1) is 25.0. The van der Waals surface area contributed by atoms with Crippen molar-refractivity contribution < 1.29 is 17.9 Å². The van der Waals surface area contributed by atoms with E-state index in [1.54, 1.807) is 24.3 Å². The van der Waals surface area contributed by atoms with Crippen molar-refractivity contribution in [3.63, 3.8) is 0 Å². The lowest BCUT2D eigenvalue weighted by Gasteiger charge is -2.31. The molecule has 1 amide bonds. The summed E-state index contributed by atoms with van der Waals surface area (Å²) >= 11 is 0. The van der Waals surface area contributed by atoms with Crippen LogP contribution in [0.3, 0.4) is 0 Å². The van der Waals surface area contributed by atoms with Gasteiger partial charge in [-0.05, 0) is 95.3 Å². The highest BCUT2D eigenvalue weighted by Crippen LogP contribution is 2.25. The number of hydrogen-bond donors (Lipinski definition) is 1. The maximum atomic E-state index is 12.9. The number of unbranched alkanes of at least 4 members (excludes halogenated alkanes) is 1. The molecule has 2 aliphatic heterocycles. The summed E-state index contributed by atoms with van der Waals surface area (Å²) in [5, 5.41) is 3.06. The first-order valence-corrected chi connectivity index (χ1v) is 13.6. The van der Waals surface area contributed by atoms with E-state index in [0.717, 1.165) is 25.3 Å². The molecule has 0 spiro atoms. The third-order valence-electron chi connectivity index (χ3n) is 6.67. The average Bonchev–Trinajstić information content (AvgIpc) is 2.80. The predicted octanol–water partition coefficient (Wildman–Crippen LogP) is 3.11. The summed E-state index contributed by atoms with van der Waals surface area (Å²) in [6.07, 6.45) is 5.81. The first-order chi connectivity index (χ1) is 15.4. The first-order valence-electron chi connectivity index (χ1n) is 12.1. The molecule has 0 unspecified atom stereocenters. The number of rotatable bonds is 10. The Hall–Kier alpha value is -1.64. The molecule has 0 bridgehead atoms. The molecular formula is C24H39N3O4S. The second-order valence-corrected chi connectivity index (χ2v) is 11.0. The third-order valence-corrected chi connectivity index (χ3v) is 8.59. The van der Waals surface area contributed by atoms with Crippen molar-refractivity contribution in [1.82, 2.24) is 14.5 Å². The molecule has 1 aromatic rings. The Bertz CT molecular complexity index is 812. The van der Waals surface area contributed by atoms with Gasteiger partial charge in [0.05, 0.1) is 11.5 Å². The van der Waals surface area contributed by atoms with Gasteiger partial charge < -0.3 is 15.0 Å². The molecular weight excluding hydrogens is 426 g/mol. The van der Waals surface area contributed by atoms with E-state index in [1.807, 2.05) is 6.92 Å². The zero-order chi connectivity index (χ0) is 23.0. The van der Waals surface area contributed by atoms with Crippen LogP contribution in [0.15, 0.2) is 29.2 Å². The molecule has 7 nitrogen and oxygen atoms in total. The standard InChI is InChI=1S/C24H39N3O4S/c1-3-31-22-6-8-23(9-7-22)32(29,30)27-18-12-21(13-19-27)24(28)25-14-4-5-15-26-16-10-20(2)11-17-26/h6-9,20-21H,3-5,10-19H2,1-2H3,(H,25,28). The second-order valence-electron chi connectivity index (χ2n) is 9.11. The van der Waals surface area contributed by atoms with Gasteiger partial charge in [-0.2, -0.15) is 4.31 Å². The molecule has 0 aliphatic carbocycles. The number of benzene rings is 1. The summed E-state index contributed by atoms with van der Waals surface area (Å²) in [5.41, 5.74) is 0. The van der Waals surface area contributed by atoms with E-state index in [-0.39, 0.29) is 16.7 Å². The topological polar surface area (TPSA) is 79.0 Å². The molecule has 2 saturated heterocycles. The molecule has 3 rings (SSSR count). The van der Waals surface area contributed by atoms with Crippen LogP contribution in [-0.2, 0) is 14.8 Å². The van der Waals surface area contributed by atoms with E-state index in [1.165, 1.54) is 30.2 Å². The summed E-state index contributed by atoms with van der Waals surface area (Å²) < 4.78 is 32.7. The molecule has 32 heavy (non-hydrogen) atoms. The number of amides is 1. The number of nitrogens with zero attached hydrogens (tertiary/aromatic N) is 2. The minimum absolute atomic E-state index is 0.0647. The van der Waals surface area contributed by atoms with Gasteiger partial charge in [0.25, 0.3) is 0 Å². The fraction of sp³-hybridized carbons (Fsp3) is 0.708. The van der Waals surface area contributed by atoms with Crippen LogP contribution in [0.1, 0.15) is 52.4 Å². The number of ether oxygens (including phenoxy) is 1.